The van der Waals surface area contributed by atoms with Crippen molar-refractivity contribution in [1.29, 1.82) is 0 Å². The van der Waals surface area contributed by atoms with Gasteiger partial charge in [0.1, 0.15) is 5.82 Å². The Hall–Kier alpha value is -2.11. The lowest BCUT2D eigenvalue weighted by Gasteiger charge is -2.17. The number of carbonyl (C=O) groups is 2. The number of nitrogens with two attached hydrogens (primary N) is 1. The number of nitrogens with one attached hydrogen (secondary N) is 1. The first kappa shape index (κ1) is 15.9. The summed E-state index contributed by atoms with van der Waals surface area (Å²) >= 11 is 0. The van der Waals surface area contributed by atoms with Gasteiger partial charge in [0.25, 0.3) is 5.91 Å². The van der Waals surface area contributed by atoms with Gasteiger partial charge in [-0.3, -0.25) is 4.79 Å². The van der Waals surface area contributed by atoms with E-state index in [2.05, 4.69) is 5.32 Å². The molecule has 0 aliphatic carbocycles. The Labute approximate surface area is 117 Å². The number of benzene rings is 1. The van der Waals surface area contributed by atoms with Gasteiger partial charge in [-0.15, -0.1) is 0 Å². The molecule has 2 atom stereocenters. The highest BCUT2D eigenvalue weighted by atomic mass is 19.1. The average molecular weight is 282 g/mol. The number of rotatable bonds is 5. The molecule has 2 unspecified atom stereocenters. The molecule has 3 N–H and O–H groups in total. The van der Waals surface area contributed by atoms with E-state index in [9.17, 15) is 14.0 Å². The zero-order chi connectivity index (χ0) is 15.3. The number of halogens is 1. The van der Waals surface area contributed by atoms with Crippen LogP contribution in [0.5, 0.6) is 0 Å². The molecule has 1 amide bonds. The van der Waals surface area contributed by atoms with Gasteiger partial charge in [-0.25, -0.2) is 9.18 Å². The fourth-order valence-electron chi connectivity index (χ4n) is 1.44. The SMILES string of the molecule is CCC(C)NC(=O)C(C)OC(=O)c1ccc(N)cc1F. The molecule has 0 spiro atoms. The summed E-state index contributed by atoms with van der Waals surface area (Å²) < 4.78 is 18.5. The van der Waals surface area contributed by atoms with Gasteiger partial charge in [-0.1, -0.05) is 6.92 Å². The van der Waals surface area contributed by atoms with Crippen LogP contribution >= 0.6 is 0 Å². The quantitative estimate of drug-likeness (QED) is 0.638. The van der Waals surface area contributed by atoms with E-state index in [4.69, 9.17) is 10.5 Å². The number of ether oxygens (including phenoxy) is 1. The molecule has 20 heavy (non-hydrogen) atoms. The number of anilines is 1. The van der Waals surface area contributed by atoms with Crippen LogP contribution in [0.3, 0.4) is 0 Å². The molecular weight excluding hydrogens is 263 g/mol. The van der Waals surface area contributed by atoms with Crippen molar-refractivity contribution < 1.29 is 18.7 Å². The Bertz CT molecular complexity index is 505. The maximum absolute atomic E-state index is 13.5. The Morgan fingerprint density at radius 3 is 2.60 bits per heavy atom. The highest BCUT2D eigenvalue weighted by molar-refractivity contribution is 5.92. The lowest BCUT2D eigenvalue weighted by molar-refractivity contribution is -0.129. The summed E-state index contributed by atoms with van der Waals surface area (Å²) in [6.45, 7) is 5.20. The van der Waals surface area contributed by atoms with E-state index >= 15 is 0 Å². The van der Waals surface area contributed by atoms with Gasteiger partial charge in [-0.2, -0.15) is 0 Å². The Morgan fingerprint density at radius 2 is 2.05 bits per heavy atom. The van der Waals surface area contributed by atoms with E-state index in [-0.39, 0.29) is 17.3 Å². The summed E-state index contributed by atoms with van der Waals surface area (Å²) in [5.74, 6) is -2.08. The third kappa shape index (κ3) is 4.22. The first-order valence-corrected chi connectivity index (χ1v) is 6.41. The minimum absolute atomic E-state index is 0.0167. The summed E-state index contributed by atoms with van der Waals surface area (Å²) in [6.07, 6.45) is -0.229. The molecule has 0 saturated heterocycles. The molecule has 0 saturated carbocycles. The van der Waals surface area contributed by atoms with Crippen molar-refractivity contribution in [1.82, 2.24) is 5.32 Å². The smallest absolute Gasteiger partial charge is 0.341 e. The second-order valence-corrected chi connectivity index (χ2v) is 4.60. The summed E-state index contributed by atoms with van der Waals surface area (Å²) in [6, 6.07) is 3.63. The number of amides is 1. The molecule has 0 radical (unpaired) electrons. The van der Waals surface area contributed by atoms with Crippen molar-refractivity contribution in [3.63, 3.8) is 0 Å². The van der Waals surface area contributed by atoms with Gasteiger partial charge >= 0.3 is 5.97 Å². The molecule has 0 aliphatic heterocycles. The van der Waals surface area contributed by atoms with Crippen LogP contribution in [0.4, 0.5) is 10.1 Å². The van der Waals surface area contributed by atoms with E-state index in [1.807, 2.05) is 13.8 Å². The number of nitrogen functional groups attached to an aromatic ring is 1. The second kappa shape index (κ2) is 6.88. The van der Waals surface area contributed by atoms with Crippen molar-refractivity contribution in [2.45, 2.75) is 39.3 Å². The van der Waals surface area contributed by atoms with Gasteiger partial charge in [0, 0.05) is 11.7 Å². The largest absolute Gasteiger partial charge is 0.449 e. The van der Waals surface area contributed by atoms with Crippen LogP contribution < -0.4 is 11.1 Å². The van der Waals surface area contributed by atoms with Crippen LogP contribution in [-0.4, -0.2) is 24.0 Å². The molecule has 110 valence electrons. The maximum atomic E-state index is 13.5. The van der Waals surface area contributed by atoms with E-state index in [1.54, 1.807) is 0 Å². The van der Waals surface area contributed by atoms with Gasteiger partial charge in [0.15, 0.2) is 6.10 Å². The first-order valence-electron chi connectivity index (χ1n) is 6.41. The van der Waals surface area contributed by atoms with E-state index in [0.717, 1.165) is 12.5 Å². The maximum Gasteiger partial charge on any atom is 0.341 e. The number of hydrogen-bond acceptors (Lipinski definition) is 4. The van der Waals surface area contributed by atoms with Crippen molar-refractivity contribution in [2.24, 2.45) is 0 Å². The zero-order valence-electron chi connectivity index (χ0n) is 11.8. The van der Waals surface area contributed by atoms with Crippen LogP contribution in [0.15, 0.2) is 18.2 Å². The second-order valence-electron chi connectivity index (χ2n) is 4.60. The summed E-state index contributed by atoms with van der Waals surface area (Å²) in [5.41, 5.74) is 5.35. The fourth-order valence-corrected chi connectivity index (χ4v) is 1.44. The number of carbonyl (C=O) groups excluding carboxylic acids is 2. The third-order valence-corrected chi connectivity index (χ3v) is 2.87. The average Bonchev–Trinajstić information content (AvgIpc) is 2.37. The highest BCUT2D eigenvalue weighted by Crippen LogP contribution is 2.13. The molecule has 1 aromatic rings. The van der Waals surface area contributed by atoms with Crippen LogP contribution in [-0.2, 0) is 9.53 Å². The molecule has 0 bridgehead atoms. The van der Waals surface area contributed by atoms with Crippen molar-refractivity contribution in [3.05, 3.63) is 29.6 Å². The van der Waals surface area contributed by atoms with Crippen LogP contribution in [0, 0.1) is 5.82 Å². The minimum Gasteiger partial charge on any atom is -0.449 e. The third-order valence-electron chi connectivity index (χ3n) is 2.87. The molecule has 0 aromatic heterocycles. The number of hydrogen-bond donors (Lipinski definition) is 2. The minimum atomic E-state index is -0.992. The first-order chi connectivity index (χ1) is 9.35. The Morgan fingerprint density at radius 1 is 1.40 bits per heavy atom. The van der Waals surface area contributed by atoms with Crippen LogP contribution in [0.25, 0.3) is 0 Å². The lowest BCUT2D eigenvalue weighted by Crippen LogP contribution is -2.40. The topological polar surface area (TPSA) is 81.4 Å². The van der Waals surface area contributed by atoms with E-state index in [1.165, 1.54) is 19.1 Å². The molecule has 1 aromatic carbocycles. The Kier molecular flexibility index (Phi) is 5.49. The molecule has 0 aliphatic rings. The zero-order valence-corrected chi connectivity index (χ0v) is 11.8. The molecule has 0 fully saturated rings. The molecule has 0 heterocycles. The molecule has 1 rings (SSSR count). The molecule has 6 heteroatoms. The normalized spacial score (nSPS) is 13.4. The van der Waals surface area contributed by atoms with Gasteiger partial charge in [-0.05, 0) is 38.5 Å². The summed E-state index contributed by atoms with van der Waals surface area (Å²) in [5, 5.41) is 2.68. The monoisotopic (exact) mass is 282 g/mol. The predicted octanol–water partition coefficient (Wildman–Crippen LogP) is 1.87. The molecular formula is C14H19FN2O3. The van der Waals surface area contributed by atoms with Crippen LogP contribution in [0.1, 0.15) is 37.6 Å². The van der Waals surface area contributed by atoms with Crippen molar-refractivity contribution in [3.8, 4) is 0 Å². The summed E-state index contributed by atoms with van der Waals surface area (Å²) in [4.78, 5) is 23.5. The number of esters is 1. The standard InChI is InChI=1S/C14H19FN2O3/c1-4-8(2)17-13(18)9(3)20-14(19)11-6-5-10(16)7-12(11)15/h5-9H,4,16H2,1-3H3,(H,17,18). The van der Waals surface area contributed by atoms with E-state index in [0.29, 0.717) is 0 Å². The molecule has 5 nitrogen and oxygen atoms in total. The fraction of sp³-hybridized carbons (Fsp3) is 0.429. The van der Waals surface area contributed by atoms with Gasteiger partial charge in [0.2, 0.25) is 0 Å². The van der Waals surface area contributed by atoms with Crippen LogP contribution in [0.2, 0.25) is 0 Å². The Balaban J connectivity index is 2.68. The summed E-state index contributed by atoms with van der Waals surface area (Å²) in [7, 11) is 0. The highest BCUT2D eigenvalue weighted by Gasteiger charge is 2.21. The van der Waals surface area contributed by atoms with Crippen molar-refractivity contribution >= 4 is 17.6 Å². The predicted molar refractivity (Wildman–Crippen MR) is 73.6 cm³/mol. The van der Waals surface area contributed by atoms with Crippen molar-refractivity contribution in [2.75, 3.05) is 5.73 Å². The van der Waals surface area contributed by atoms with Gasteiger partial charge < -0.3 is 15.8 Å². The van der Waals surface area contributed by atoms with Gasteiger partial charge in [0.05, 0.1) is 5.56 Å². The van der Waals surface area contributed by atoms with E-state index < -0.39 is 23.8 Å². The lowest BCUT2D eigenvalue weighted by atomic mass is 10.2.